The summed E-state index contributed by atoms with van der Waals surface area (Å²) in [6.45, 7) is 2.06. The molecular weight excluding hydrogens is 278 g/mol. The average molecular weight is 288 g/mol. The number of ether oxygens (including phenoxy) is 1. The fourth-order valence-corrected chi connectivity index (χ4v) is 2.19. The van der Waals surface area contributed by atoms with E-state index in [1.807, 2.05) is 30.3 Å². The Bertz CT molecular complexity index is 707. The van der Waals surface area contributed by atoms with E-state index in [1.54, 1.807) is 6.26 Å². The molecule has 3 rings (SSSR count). The van der Waals surface area contributed by atoms with Crippen LogP contribution in [-0.2, 0) is 0 Å². The third-order valence-electron chi connectivity index (χ3n) is 2.77. The summed E-state index contributed by atoms with van der Waals surface area (Å²) in [6, 6.07) is 11.9. The quantitative estimate of drug-likeness (QED) is 0.730. The summed E-state index contributed by atoms with van der Waals surface area (Å²) in [5.41, 5.74) is 2.01. The van der Waals surface area contributed by atoms with Crippen molar-refractivity contribution in [3.05, 3.63) is 57.0 Å². The van der Waals surface area contributed by atoms with E-state index in [0.29, 0.717) is 0 Å². The molecule has 0 bridgehead atoms. The highest BCUT2D eigenvalue weighted by molar-refractivity contribution is 9.10. The van der Waals surface area contributed by atoms with Gasteiger partial charge in [0, 0.05) is 9.69 Å². The van der Waals surface area contributed by atoms with E-state index in [-0.39, 0.29) is 0 Å². The van der Waals surface area contributed by atoms with Gasteiger partial charge in [-0.15, -0.1) is 0 Å². The van der Waals surface area contributed by atoms with Gasteiger partial charge in [-0.3, -0.25) is 0 Å². The van der Waals surface area contributed by atoms with Gasteiger partial charge in [-0.25, -0.2) is 4.99 Å². The largest absolute Gasteiger partial charge is 0.462 e. The monoisotopic (exact) mass is 287 g/mol. The van der Waals surface area contributed by atoms with E-state index < -0.39 is 0 Å². The van der Waals surface area contributed by atoms with Gasteiger partial charge in [0.15, 0.2) is 5.75 Å². The first-order valence-electron chi connectivity index (χ1n) is 5.35. The number of hydrogen-bond donors (Lipinski definition) is 0. The SMILES string of the molecule is Cc1cccc2c1=COc1ccc(Br)cc1N=2. The lowest BCUT2D eigenvalue weighted by atomic mass is 10.2. The Kier molecular flexibility index (Phi) is 2.48. The predicted molar refractivity (Wildman–Crippen MR) is 70.9 cm³/mol. The van der Waals surface area contributed by atoms with E-state index in [9.17, 15) is 0 Å². The summed E-state index contributed by atoms with van der Waals surface area (Å²) in [5, 5.41) is 1.99. The van der Waals surface area contributed by atoms with Crippen molar-refractivity contribution < 1.29 is 4.74 Å². The molecule has 0 atom stereocenters. The van der Waals surface area contributed by atoms with Crippen LogP contribution in [0.4, 0.5) is 5.69 Å². The van der Waals surface area contributed by atoms with Crippen LogP contribution in [0.1, 0.15) is 5.56 Å². The Hall–Kier alpha value is -1.61. The molecule has 0 fully saturated rings. The highest BCUT2D eigenvalue weighted by Gasteiger charge is 2.06. The lowest BCUT2D eigenvalue weighted by molar-refractivity contribution is 0.543. The Morgan fingerprint density at radius 3 is 2.94 bits per heavy atom. The van der Waals surface area contributed by atoms with Crippen molar-refractivity contribution in [1.29, 1.82) is 0 Å². The topological polar surface area (TPSA) is 21.6 Å². The van der Waals surface area contributed by atoms with Crippen molar-refractivity contribution in [3.8, 4) is 5.75 Å². The second kappa shape index (κ2) is 4.00. The Morgan fingerprint density at radius 1 is 1.18 bits per heavy atom. The van der Waals surface area contributed by atoms with Gasteiger partial charge < -0.3 is 4.74 Å². The summed E-state index contributed by atoms with van der Waals surface area (Å²) in [7, 11) is 0. The van der Waals surface area contributed by atoms with Gasteiger partial charge in [-0.05, 0) is 36.8 Å². The first kappa shape index (κ1) is 10.5. The van der Waals surface area contributed by atoms with Crippen molar-refractivity contribution in [2.75, 3.05) is 0 Å². The van der Waals surface area contributed by atoms with Crippen molar-refractivity contribution >= 4 is 27.9 Å². The normalized spacial score (nSPS) is 12.4. The highest BCUT2D eigenvalue weighted by Crippen LogP contribution is 2.30. The summed E-state index contributed by atoms with van der Waals surface area (Å²) >= 11 is 3.44. The molecule has 2 aromatic carbocycles. The van der Waals surface area contributed by atoms with Crippen molar-refractivity contribution in [2.45, 2.75) is 6.92 Å². The first-order chi connectivity index (χ1) is 8.24. The first-order valence-corrected chi connectivity index (χ1v) is 6.14. The fraction of sp³-hybridized carbons (Fsp3) is 0.0714. The number of nitrogens with zero attached hydrogens (tertiary/aromatic N) is 1. The van der Waals surface area contributed by atoms with Crippen LogP contribution in [0.3, 0.4) is 0 Å². The van der Waals surface area contributed by atoms with Crippen molar-refractivity contribution in [1.82, 2.24) is 0 Å². The zero-order chi connectivity index (χ0) is 11.8. The third-order valence-corrected chi connectivity index (χ3v) is 3.26. The van der Waals surface area contributed by atoms with E-state index >= 15 is 0 Å². The molecule has 0 radical (unpaired) electrons. The number of benzene rings is 2. The van der Waals surface area contributed by atoms with Crippen LogP contribution in [0.15, 0.2) is 45.9 Å². The standard InChI is InChI=1S/C14H10BrNO/c1-9-3-2-4-12-11(9)8-17-14-6-5-10(15)7-13(14)16-12/h2-8H,1H3. The fourth-order valence-electron chi connectivity index (χ4n) is 1.85. The zero-order valence-corrected chi connectivity index (χ0v) is 10.9. The molecule has 84 valence electrons. The summed E-state index contributed by atoms with van der Waals surface area (Å²) in [4.78, 5) is 4.64. The third kappa shape index (κ3) is 1.87. The summed E-state index contributed by atoms with van der Waals surface area (Å²) in [6.07, 6.45) is 1.77. The van der Waals surface area contributed by atoms with Crippen LogP contribution in [-0.4, -0.2) is 0 Å². The summed E-state index contributed by atoms with van der Waals surface area (Å²) < 4.78 is 6.67. The molecule has 1 aliphatic rings. The van der Waals surface area contributed by atoms with Crippen molar-refractivity contribution in [2.24, 2.45) is 4.99 Å². The molecule has 0 spiro atoms. The molecular formula is C14H10BrNO. The smallest absolute Gasteiger partial charge is 0.152 e. The molecule has 3 heteroatoms. The van der Waals surface area contributed by atoms with Gasteiger partial charge in [0.2, 0.25) is 0 Å². The van der Waals surface area contributed by atoms with E-state index in [2.05, 4.69) is 33.9 Å². The molecule has 1 aliphatic heterocycles. The Morgan fingerprint density at radius 2 is 2.06 bits per heavy atom. The molecule has 0 aliphatic carbocycles. The Labute approximate surface area is 107 Å². The number of fused-ring (bicyclic) bond motifs is 2. The molecule has 2 nitrogen and oxygen atoms in total. The molecule has 17 heavy (non-hydrogen) atoms. The second-order valence-corrected chi connectivity index (χ2v) is 4.88. The van der Waals surface area contributed by atoms with Crippen LogP contribution < -0.4 is 15.3 Å². The molecule has 0 unspecified atom stereocenters. The molecule has 0 N–H and O–H groups in total. The number of hydrogen-bond acceptors (Lipinski definition) is 2. The van der Waals surface area contributed by atoms with Crippen LogP contribution >= 0.6 is 15.9 Å². The van der Waals surface area contributed by atoms with Crippen LogP contribution in [0, 0.1) is 6.92 Å². The highest BCUT2D eigenvalue weighted by atomic mass is 79.9. The number of halogens is 1. The van der Waals surface area contributed by atoms with Gasteiger partial charge >= 0.3 is 0 Å². The molecule has 0 amide bonds. The lowest BCUT2D eigenvalue weighted by Crippen LogP contribution is -2.26. The maximum absolute atomic E-state index is 5.67. The maximum Gasteiger partial charge on any atom is 0.152 e. The van der Waals surface area contributed by atoms with Crippen LogP contribution in [0.2, 0.25) is 0 Å². The van der Waals surface area contributed by atoms with E-state index in [1.165, 1.54) is 0 Å². The van der Waals surface area contributed by atoms with Crippen LogP contribution in [0.5, 0.6) is 5.75 Å². The minimum absolute atomic E-state index is 0.781. The van der Waals surface area contributed by atoms with E-state index in [4.69, 9.17) is 4.74 Å². The van der Waals surface area contributed by atoms with Crippen LogP contribution in [0.25, 0.3) is 6.26 Å². The van der Waals surface area contributed by atoms with Gasteiger partial charge in [-0.2, -0.15) is 0 Å². The van der Waals surface area contributed by atoms with Gasteiger partial charge in [0.05, 0.1) is 5.36 Å². The van der Waals surface area contributed by atoms with Gasteiger partial charge in [0.1, 0.15) is 11.9 Å². The molecule has 0 aromatic heterocycles. The lowest BCUT2D eigenvalue weighted by Gasteiger charge is -2.02. The molecule has 1 heterocycles. The molecule has 2 aromatic rings. The minimum Gasteiger partial charge on any atom is -0.462 e. The van der Waals surface area contributed by atoms with Crippen molar-refractivity contribution in [3.63, 3.8) is 0 Å². The number of rotatable bonds is 0. The number of aryl methyl sites for hydroxylation is 1. The average Bonchev–Trinajstić information content (AvgIpc) is 2.48. The molecule has 0 saturated heterocycles. The Balaban J connectivity index is 2.35. The van der Waals surface area contributed by atoms with Gasteiger partial charge in [0.25, 0.3) is 0 Å². The maximum atomic E-state index is 5.67. The zero-order valence-electron chi connectivity index (χ0n) is 9.27. The predicted octanol–water partition coefficient (Wildman–Crippen LogP) is 2.84. The second-order valence-electron chi connectivity index (χ2n) is 3.97. The minimum atomic E-state index is 0.781. The van der Waals surface area contributed by atoms with Gasteiger partial charge in [-0.1, -0.05) is 28.1 Å². The summed E-state index contributed by atoms with van der Waals surface area (Å²) in [5.74, 6) is 0.781. The van der Waals surface area contributed by atoms with E-state index in [0.717, 1.165) is 32.0 Å². The molecule has 0 saturated carbocycles.